The van der Waals surface area contributed by atoms with Gasteiger partial charge in [0.15, 0.2) is 5.96 Å². The van der Waals surface area contributed by atoms with E-state index in [-0.39, 0.29) is 0 Å². The summed E-state index contributed by atoms with van der Waals surface area (Å²) in [6.45, 7) is 6.10. The maximum Gasteiger partial charge on any atom is 0.222 e. The number of likely N-dealkylation sites (tertiary alicyclic amines) is 1. The minimum Gasteiger partial charge on any atom is -0.496 e. The van der Waals surface area contributed by atoms with Crippen molar-refractivity contribution in [3.63, 3.8) is 0 Å². The van der Waals surface area contributed by atoms with Gasteiger partial charge in [-0.2, -0.15) is 0 Å². The quantitative estimate of drug-likeness (QED) is 0.396. The standard InChI is InChI=1S/C21H34N4O2/c1-3-22-21(24-15-13-18-10-6-7-11-19(18)27-2)23-14-9-17-25-16-8-4-5-12-20(25)26/h6-7,10-11H,3-5,8-9,12-17H2,1-2H3,(H2,22,23,24). The second-order valence-electron chi connectivity index (χ2n) is 6.79. The number of hydrogen-bond acceptors (Lipinski definition) is 3. The van der Waals surface area contributed by atoms with E-state index in [0.29, 0.717) is 18.9 Å². The average Bonchev–Trinajstić information content (AvgIpc) is 2.89. The van der Waals surface area contributed by atoms with Crippen molar-refractivity contribution in [2.45, 2.75) is 45.4 Å². The van der Waals surface area contributed by atoms with Crippen LogP contribution in [0.5, 0.6) is 5.75 Å². The van der Waals surface area contributed by atoms with Crippen molar-refractivity contribution in [3.8, 4) is 5.75 Å². The van der Waals surface area contributed by atoms with Crippen molar-refractivity contribution in [1.82, 2.24) is 15.5 Å². The van der Waals surface area contributed by atoms with Crippen molar-refractivity contribution in [2.24, 2.45) is 4.99 Å². The maximum absolute atomic E-state index is 12.0. The molecule has 0 radical (unpaired) electrons. The predicted molar refractivity (Wildman–Crippen MR) is 110 cm³/mol. The molecule has 1 aliphatic heterocycles. The fourth-order valence-electron chi connectivity index (χ4n) is 3.29. The zero-order chi connectivity index (χ0) is 19.3. The summed E-state index contributed by atoms with van der Waals surface area (Å²) in [7, 11) is 1.70. The van der Waals surface area contributed by atoms with Gasteiger partial charge in [-0.15, -0.1) is 0 Å². The number of nitrogens with one attached hydrogen (secondary N) is 2. The molecule has 2 N–H and O–H groups in total. The Hall–Kier alpha value is -2.24. The summed E-state index contributed by atoms with van der Waals surface area (Å²) < 4.78 is 5.40. The van der Waals surface area contributed by atoms with Crippen molar-refractivity contribution in [2.75, 3.05) is 39.8 Å². The lowest BCUT2D eigenvalue weighted by Gasteiger charge is -2.20. The monoisotopic (exact) mass is 374 g/mol. The molecule has 6 nitrogen and oxygen atoms in total. The predicted octanol–water partition coefficient (Wildman–Crippen LogP) is 2.59. The van der Waals surface area contributed by atoms with Crippen LogP contribution in [-0.4, -0.2) is 56.6 Å². The zero-order valence-electron chi connectivity index (χ0n) is 16.8. The fraction of sp³-hybridized carbons (Fsp3) is 0.619. The largest absolute Gasteiger partial charge is 0.496 e. The number of carbonyl (C=O) groups is 1. The highest BCUT2D eigenvalue weighted by Crippen LogP contribution is 2.17. The lowest BCUT2D eigenvalue weighted by Crippen LogP contribution is -2.38. The van der Waals surface area contributed by atoms with Crippen LogP contribution in [0.1, 0.15) is 44.6 Å². The lowest BCUT2D eigenvalue weighted by molar-refractivity contribution is -0.130. The molecule has 1 aromatic carbocycles. The van der Waals surface area contributed by atoms with Gasteiger partial charge in [0.1, 0.15) is 5.75 Å². The van der Waals surface area contributed by atoms with E-state index in [0.717, 1.165) is 63.6 Å². The number of aliphatic imine (C=N–C) groups is 1. The number of nitrogens with zero attached hydrogens (tertiary/aromatic N) is 2. The molecule has 1 heterocycles. The van der Waals surface area contributed by atoms with Gasteiger partial charge in [-0.05, 0) is 44.2 Å². The van der Waals surface area contributed by atoms with Gasteiger partial charge in [0.2, 0.25) is 5.91 Å². The molecule has 6 heteroatoms. The highest BCUT2D eigenvalue weighted by atomic mass is 16.5. The Balaban J connectivity index is 1.75. The van der Waals surface area contributed by atoms with E-state index in [9.17, 15) is 4.79 Å². The molecular formula is C21H34N4O2. The van der Waals surface area contributed by atoms with E-state index in [1.807, 2.05) is 23.1 Å². The molecule has 0 aromatic heterocycles. The SMILES string of the molecule is CCNC(=NCCCN1CCCCCC1=O)NCCc1ccccc1OC. The fourth-order valence-corrected chi connectivity index (χ4v) is 3.29. The molecule has 0 spiro atoms. The van der Waals surface area contributed by atoms with Crippen LogP contribution in [0.2, 0.25) is 0 Å². The number of amides is 1. The van der Waals surface area contributed by atoms with E-state index in [2.05, 4.69) is 28.6 Å². The summed E-state index contributed by atoms with van der Waals surface area (Å²) in [6.07, 6.45) is 5.80. The normalized spacial score (nSPS) is 15.4. The molecule has 2 rings (SSSR count). The Morgan fingerprint density at radius 1 is 1.22 bits per heavy atom. The molecule has 0 unspecified atom stereocenters. The van der Waals surface area contributed by atoms with Gasteiger partial charge in [0.25, 0.3) is 0 Å². The number of benzene rings is 1. The van der Waals surface area contributed by atoms with Crippen molar-refractivity contribution in [1.29, 1.82) is 0 Å². The first kappa shape index (κ1) is 21.1. The molecule has 0 bridgehead atoms. The summed E-state index contributed by atoms with van der Waals surface area (Å²) in [4.78, 5) is 18.7. The van der Waals surface area contributed by atoms with Gasteiger partial charge in [-0.1, -0.05) is 24.6 Å². The number of hydrogen-bond donors (Lipinski definition) is 2. The van der Waals surface area contributed by atoms with Crippen LogP contribution < -0.4 is 15.4 Å². The molecule has 0 aliphatic carbocycles. The third-order valence-electron chi connectivity index (χ3n) is 4.75. The summed E-state index contributed by atoms with van der Waals surface area (Å²) in [6, 6.07) is 8.08. The first-order valence-corrected chi connectivity index (χ1v) is 10.2. The summed E-state index contributed by atoms with van der Waals surface area (Å²) in [5, 5.41) is 6.66. The Labute approximate surface area is 163 Å². The summed E-state index contributed by atoms with van der Waals surface area (Å²) in [5.41, 5.74) is 1.18. The molecule has 1 fully saturated rings. The van der Waals surface area contributed by atoms with Crippen LogP contribution in [0.3, 0.4) is 0 Å². The van der Waals surface area contributed by atoms with Gasteiger partial charge in [-0.25, -0.2) is 0 Å². The Kier molecular flexibility index (Phi) is 9.52. The maximum atomic E-state index is 12.0. The summed E-state index contributed by atoms with van der Waals surface area (Å²) in [5.74, 6) is 2.05. The van der Waals surface area contributed by atoms with Crippen LogP contribution >= 0.6 is 0 Å². The number of guanidine groups is 1. The van der Waals surface area contributed by atoms with E-state index in [1.165, 1.54) is 12.0 Å². The highest BCUT2D eigenvalue weighted by molar-refractivity contribution is 5.79. The Morgan fingerprint density at radius 2 is 2.07 bits per heavy atom. The van der Waals surface area contributed by atoms with Crippen LogP contribution in [0, 0.1) is 0 Å². The molecule has 1 aliphatic rings. The number of carbonyl (C=O) groups excluding carboxylic acids is 1. The van der Waals surface area contributed by atoms with Gasteiger partial charge >= 0.3 is 0 Å². The second kappa shape index (κ2) is 12.2. The minimum atomic E-state index is 0.304. The van der Waals surface area contributed by atoms with Crippen LogP contribution in [0.25, 0.3) is 0 Å². The average molecular weight is 375 g/mol. The topological polar surface area (TPSA) is 66.0 Å². The van der Waals surface area contributed by atoms with Crippen molar-refractivity contribution in [3.05, 3.63) is 29.8 Å². The van der Waals surface area contributed by atoms with Gasteiger partial charge in [0.05, 0.1) is 7.11 Å². The molecule has 1 amide bonds. The van der Waals surface area contributed by atoms with Crippen molar-refractivity contribution >= 4 is 11.9 Å². The molecular weight excluding hydrogens is 340 g/mol. The minimum absolute atomic E-state index is 0.304. The van der Waals surface area contributed by atoms with Crippen LogP contribution in [0.15, 0.2) is 29.3 Å². The molecule has 0 atom stereocenters. The van der Waals surface area contributed by atoms with E-state index in [4.69, 9.17) is 4.74 Å². The highest BCUT2D eigenvalue weighted by Gasteiger charge is 2.15. The van der Waals surface area contributed by atoms with Crippen LogP contribution in [0.4, 0.5) is 0 Å². The van der Waals surface area contributed by atoms with E-state index >= 15 is 0 Å². The smallest absolute Gasteiger partial charge is 0.222 e. The van der Waals surface area contributed by atoms with Gasteiger partial charge in [-0.3, -0.25) is 9.79 Å². The number of rotatable bonds is 9. The Bertz CT molecular complexity index is 604. The Morgan fingerprint density at radius 3 is 2.89 bits per heavy atom. The van der Waals surface area contributed by atoms with Gasteiger partial charge in [0, 0.05) is 39.1 Å². The number of methoxy groups -OCH3 is 1. The second-order valence-corrected chi connectivity index (χ2v) is 6.79. The molecule has 1 saturated heterocycles. The van der Waals surface area contributed by atoms with Crippen molar-refractivity contribution < 1.29 is 9.53 Å². The molecule has 0 saturated carbocycles. The third kappa shape index (κ3) is 7.49. The number of ether oxygens (including phenoxy) is 1. The van der Waals surface area contributed by atoms with E-state index in [1.54, 1.807) is 7.11 Å². The number of para-hydroxylation sites is 1. The molecule has 1 aromatic rings. The zero-order valence-corrected chi connectivity index (χ0v) is 16.8. The molecule has 27 heavy (non-hydrogen) atoms. The van der Waals surface area contributed by atoms with Crippen LogP contribution in [-0.2, 0) is 11.2 Å². The first-order valence-electron chi connectivity index (χ1n) is 10.2. The summed E-state index contributed by atoms with van der Waals surface area (Å²) >= 11 is 0. The third-order valence-corrected chi connectivity index (χ3v) is 4.75. The van der Waals surface area contributed by atoms with E-state index < -0.39 is 0 Å². The van der Waals surface area contributed by atoms with Gasteiger partial charge < -0.3 is 20.3 Å². The molecule has 150 valence electrons. The first-order chi connectivity index (χ1) is 13.2. The lowest BCUT2D eigenvalue weighted by atomic mass is 10.1.